The van der Waals surface area contributed by atoms with Gasteiger partial charge in [-0.3, -0.25) is 4.79 Å². The zero-order valence-electron chi connectivity index (χ0n) is 17.5. The van der Waals surface area contributed by atoms with Gasteiger partial charge in [0.05, 0.1) is 16.7 Å². The lowest BCUT2D eigenvalue weighted by Crippen LogP contribution is -2.43. The Labute approximate surface area is 181 Å². The first-order valence-electron chi connectivity index (χ1n) is 10.1. The average Bonchev–Trinajstić information content (AvgIpc) is 3.12. The Morgan fingerprint density at radius 3 is 2.30 bits per heavy atom. The van der Waals surface area contributed by atoms with E-state index < -0.39 is 5.97 Å². The van der Waals surface area contributed by atoms with E-state index in [0.717, 1.165) is 11.3 Å². The lowest BCUT2D eigenvalue weighted by Gasteiger charge is -2.35. The summed E-state index contributed by atoms with van der Waals surface area (Å²) in [6.07, 6.45) is 2.05. The fourth-order valence-corrected chi connectivity index (χ4v) is 4.37. The van der Waals surface area contributed by atoms with Crippen LogP contribution in [0, 0.1) is 17.3 Å². The molecular weight excluding hydrogens is 398 g/mol. The van der Waals surface area contributed by atoms with Crippen LogP contribution >= 0.6 is 11.3 Å². The molecule has 1 aliphatic carbocycles. The van der Waals surface area contributed by atoms with Crippen molar-refractivity contribution in [2.45, 2.75) is 58.6 Å². The van der Waals surface area contributed by atoms with Crippen molar-refractivity contribution in [2.24, 2.45) is 5.41 Å². The van der Waals surface area contributed by atoms with E-state index in [1.807, 2.05) is 26.8 Å². The Morgan fingerprint density at radius 1 is 1.10 bits per heavy atom. The van der Waals surface area contributed by atoms with Gasteiger partial charge in [0.25, 0.3) is 5.91 Å². The van der Waals surface area contributed by atoms with Gasteiger partial charge in [0.15, 0.2) is 0 Å². The number of carbonyl (C=O) groups excluding carboxylic acids is 1. The number of benzene rings is 1. The van der Waals surface area contributed by atoms with E-state index in [1.54, 1.807) is 35.2 Å². The number of carboxylic acids is 1. The summed E-state index contributed by atoms with van der Waals surface area (Å²) in [4.78, 5) is 27.8. The van der Waals surface area contributed by atoms with Crippen LogP contribution in [0.15, 0.2) is 36.4 Å². The molecule has 1 aliphatic rings. The van der Waals surface area contributed by atoms with Crippen LogP contribution in [0.4, 0.5) is 5.69 Å². The first-order chi connectivity index (χ1) is 14.2. The zero-order valence-corrected chi connectivity index (χ0v) is 18.3. The van der Waals surface area contributed by atoms with Gasteiger partial charge in [0.2, 0.25) is 0 Å². The van der Waals surface area contributed by atoms with Crippen molar-refractivity contribution in [1.29, 1.82) is 0 Å². The molecule has 0 radical (unpaired) electrons. The van der Waals surface area contributed by atoms with Gasteiger partial charge in [-0.25, -0.2) is 4.79 Å². The second-order valence-corrected chi connectivity index (χ2v) is 9.69. The standard InChI is InChI=1S/C24H27NO4S/c1-24(2,3)14-13-19-15-20(21(30-19)23(28)29)25(17-9-11-18(26)12-10-17)22(27)16-7-5-4-6-8-16/h4-8,15,17-18,26H,9-12H2,1-3H3,(H,28,29)/t17-,18+. The highest BCUT2D eigenvalue weighted by atomic mass is 32.1. The highest BCUT2D eigenvalue weighted by Crippen LogP contribution is 2.36. The summed E-state index contributed by atoms with van der Waals surface area (Å²) < 4.78 is 0. The quantitative estimate of drug-likeness (QED) is 0.690. The van der Waals surface area contributed by atoms with Crippen LogP contribution in [0.1, 0.15) is 71.4 Å². The summed E-state index contributed by atoms with van der Waals surface area (Å²) in [5.41, 5.74) is 0.682. The van der Waals surface area contributed by atoms with E-state index in [1.165, 1.54) is 0 Å². The molecule has 0 unspecified atom stereocenters. The summed E-state index contributed by atoms with van der Waals surface area (Å²) in [6.45, 7) is 5.97. The fourth-order valence-electron chi connectivity index (χ4n) is 3.53. The molecule has 0 bridgehead atoms. The number of aliphatic hydroxyl groups is 1. The summed E-state index contributed by atoms with van der Waals surface area (Å²) >= 11 is 1.10. The van der Waals surface area contributed by atoms with Gasteiger partial charge < -0.3 is 15.1 Å². The molecule has 1 fully saturated rings. The Kier molecular flexibility index (Phi) is 6.64. The van der Waals surface area contributed by atoms with Crippen molar-refractivity contribution >= 4 is 28.9 Å². The number of carbonyl (C=O) groups is 2. The van der Waals surface area contributed by atoms with Crippen molar-refractivity contribution in [1.82, 2.24) is 0 Å². The molecule has 0 spiro atoms. The molecule has 1 amide bonds. The van der Waals surface area contributed by atoms with Gasteiger partial charge in [0.1, 0.15) is 4.88 Å². The van der Waals surface area contributed by atoms with Crippen molar-refractivity contribution in [3.05, 3.63) is 51.7 Å². The van der Waals surface area contributed by atoms with E-state index in [9.17, 15) is 19.8 Å². The predicted octanol–water partition coefficient (Wildman–Crippen LogP) is 4.79. The Bertz CT molecular complexity index is 970. The lowest BCUT2D eigenvalue weighted by atomic mass is 9.91. The Hall–Kier alpha value is -2.62. The second kappa shape index (κ2) is 9.03. The molecule has 0 saturated heterocycles. The molecule has 2 aromatic rings. The smallest absolute Gasteiger partial charge is 0.348 e. The van der Waals surface area contributed by atoms with Gasteiger partial charge in [-0.1, -0.05) is 30.0 Å². The summed E-state index contributed by atoms with van der Waals surface area (Å²) in [5, 5.41) is 19.7. The van der Waals surface area contributed by atoms with Gasteiger partial charge in [-0.15, -0.1) is 11.3 Å². The highest BCUT2D eigenvalue weighted by molar-refractivity contribution is 7.15. The molecule has 0 atom stereocenters. The van der Waals surface area contributed by atoms with Gasteiger partial charge in [-0.2, -0.15) is 0 Å². The topological polar surface area (TPSA) is 77.8 Å². The number of anilines is 1. The minimum Gasteiger partial charge on any atom is -0.477 e. The first kappa shape index (κ1) is 22.1. The molecule has 3 rings (SSSR count). The van der Waals surface area contributed by atoms with Crippen LogP contribution in [0.5, 0.6) is 0 Å². The third-order valence-corrected chi connectivity index (χ3v) is 6.03. The van der Waals surface area contributed by atoms with Gasteiger partial charge in [-0.05, 0) is 64.7 Å². The number of hydrogen-bond acceptors (Lipinski definition) is 4. The predicted molar refractivity (Wildman–Crippen MR) is 119 cm³/mol. The van der Waals surface area contributed by atoms with Crippen LogP contribution < -0.4 is 4.90 Å². The average molecular weight is 426 g/mol. The number of hydrogen-bond donors (Lipinski definition) is 2. The molecule has 5 nitrogen and oxygen atoms in total. The van der Waals surface area contributed by atoms with Crippen molar-refractivity contribution in [3.63, 3.8) is 0 Å². The van der Waals surface area contributed by atoms with Crippen LogP contribution in [0.2, 0.25) is 0 Å². The van der Waals surface area contributed by atoms with Gasteiger partial charge in [0, 0.05) is 17.0 Å². The maximum Gasteiger partial charge on any atom is 0.348 e. The molecule has 30 heavy (non-hydrogen) atoms. The molecule has 6 heteroatoms. The number of carboxylic acid groups (broad SMARTS) is 1. The number of rotatable bonds is 4. The second-order valence-electron chi connectivity index (χ2n) is 8.63. The van der Waals surface area contributed by atoms with E-state index >= 15 is 0 Å². The molecule has 1 heterocycles. The zero-order chi connectivity index (χ0) is 21.9. The van der Waals surface area contributed by atoms with Crippen LogP contribution in [0.25, 0.3) is 0 Å². The monoisotopic (exact) mass is 425 g/mol. The largest absolute Gasteiger partial charge is 0.477 e. The Balaban J connectivity index is 2.08. The van der Waals surface area contributed by atoms with Crippen LogP contribution in [-0.2, 0) is 0 Å². The maximum atomic E-state index is 13.5. The SMILES string of the molecule is CC(C)(C)C#Cc1cc(N(C(=O)c2ccccc2)[C@H]2CC[C@@H](O)CC2)c(C(=O)O)s1. The summed E-state index contributed by atoms with van der Waals surface area (Å²) in [7, 11) is 0. The van der Waals surface area contributed by atoms with Crippen LogP contribution in [-0.4, -0.2) is 34.2 Å². The van der Waals surface area contributed by atoms with E-state index in [0.29, 0.717) is 41.8 Å². The summed E-state index contributed by atoms with van der Waals surface area (Å²) in [5.74, 6) is 4.91. The number of nitrogens with zero attached hydrogens (tertiary/aromatic N) is 1. The molecule has 1 aromatic carbocycles. The Morgan fingerprint density at radius 2 is 1.73 bits per heavy atom. The molecular formula is C24H27NO4S. The third kappa shape index (κ3) is 5.29. The third-order valence-electron chi connectivity index (χ3n) is 5.00. The number of aliphatic hydroxyl groups excluding tert-OH is 1. The highest BCUT2D eigenvalue weighted by Gasteiger charge is 2.33. The van der Waals surface area contributed by atoms with E-state index in [-0.39, 0.29) is 28.3 Å². The number of thiophene rings is 1. The minimum absolute atomic E-state index is 0.114. The van der Waals surface area contributed by atoms with Crippen molar-refractivity contribution in [3.8, 4) is 11.8 Å². The number of aromatic carboxylic acids is 1. The molecule has 1 aromatic heterocycles. The first-order valence-corrected chi connectivity index (χ1v) is 10.9. The van der Waals surface area contributed by atoms with Crippen molar-refractivity contribution < 1.29 is 19.8 Å². The fraction of sp³-hybridized carbons (Fsp3) is 0.417. The normalized spacial score (nSPS) is 18.9. The van der Waals surface area contributed by atoms with E-state index in [2.05, 4.69) is 11.8 Å². The number of amides is 1. The maximum absolute atomic E-state index is 13.5. The minimum atomic E-state index is -1.07. The molecule has 0 aliphatic heterocycles. The molecule has 2 N–H and O–H groups in total. The van der Waals surface area contributed by atoms with E-state index in [4.69, 9.17) is 0 Å². The van der Waals surface area contributed by atoms with Gasteiger partial charge >= 0.3 is 5.97 Å². The molecule has 158 valence electrons. The molecule has 1 saturated carbocycles. The lowest BCUT2D eigenvalue weighted by molar-refractivity contribution is 0.0702. The van der Waals surface area contributed by atoms with Crippen molar-refractivity contribution in [2.75, 3.05) is 4.90 Å². The van der Waals surface area contributed by atoms with Crippen LogP contribution in [0.3, 0.4) is 0 Å². The summed E-state index contributed by atoms with van der Waals surface area (Å²) in [6, 6.07) is 10.5.